The standard InChI is InChI=1S/C20H21N5/c1-14-13-15-7-8-18(24-11-9-23(2)10-12-24)22-20(15)25-17-6-4-3-5-16(17)21-19(14)25/h3-8,13H,9-12H2,1-2H3. The summed E-state index contributed by atoms with van der Waals surface area (Å²) in [6, 6.07) is 14.8. The van der Waals surface area contributed by atoms with E-state index in [1.807, 2.05) is 6.07 Å². The van der Waals surface area contributed by atoms with E-state index in [2.05, 4.69) is 64.6 Å². The summed E-state index contributed by atoms with van der Waals surface area (Å²) in [7, 11) is 2.18. The minimum Gasteiger partial charge on any atom is -0.354 e. The molecule has 0 N–H and O–H groups in total. The van der Waals surface area contributed by atoms with E-state index < -0.39 is 0 Å². The van der Waals surface area contributed by atoms with Crippen molar-refractivity contribution in [1.29, 1.82) is 0 Å². The van der Waals surface area contributed by atoms with Gasteiger partial charge in [-0.1, -0.05) is 12.1 Å². The highest BCUT2D eigenvalue weighted by molar-refractivity contribution is 5.90. The van der Waals surface area contributed by atoms with E-state index in [0.717, 1.165) is 59.7 Å². The topological polar surface area (TPSA) is 36.7 Å². The predicted octanol–water partition coefficient (Wildman–Crippen LogP) is 3.10. The van der Waals surface area contributed by atoms with Crippen LogP contribution in [0, 0.1) is 6.92 Å². The molecule has 5 heteroatoms. The van der Waals surface area contributed by atoms with Crippen LogP contribution in [0.4, 0.5) is 5.82 Å². The van der Waals surface area contributed by atoms with E-state index in [0.29, 0.717) is 0 Å². The summed E-state index contributed by atoms with van der Waals surface area (Å²) in [6.07, 6.45) is 0. The van der Waals surface area contributed by atoms with Gasteiger partial charge in [-0.15, -0.1) is 0 Å². The lowest BCUT2D eigenvalue weighted by molar-refractivity contribution is 0.312. The van der Waals surface area contributed by atoms with Crippen molar-refractivity contribution in [2.75, 3.05) is 38.1 Å². The second-order valence-corrected chi connectivity index (χ2v) is 6.96. The molecule has 0 spiro atoms. The Bertz CT molecular complexity index is 1090. The van der Waals surface area contributed by atoms with Gasteiger partial charge in [-0.25, -0.2) is 9.97 Å². The number of anilines is 1. The number of benzene rings is 1. The Morgan fingerprint density at radius 3 is 2.52 bits per heavy atom. The summed E-state index contributed by atoms with van der Waals surface area (Å²) >= 11 is 0. The summed E-state index contributed by atoms with van der Waals surface area (Å²) in [5, 5.41) is 1.16. The van der Waals surface area contributed by atoms with Gasteiger partial charge in [0.2, 0.25) is 0 Å². The fourth-order valence-electron chi connectivity index (χ4n) is 3.76. The molecule has 3 aromatic heterocycles. The van der Waals surface area contributed by atoms with Crippen LogP contribution < -0.4 is 4.90 Å². The molecule has 0 radical (unpaired) electrons. The Kier molecular flexibility index (Phi) is 3.18. The van der Waals surface area contributed by atoms with Gasteiger partial charge in [-0.3, -0.25) is 4.40 Å². The van der Waals surface area contributed by atoms with Gasteiger partial charge in [0.1, 0.15) is 17.1 Å². The molecule has 0 saturated carbocycles. The lowest BCUT2D eigenvalue weighted by Gasteiger charge is -2.33. The average Bonchev–Trinajstić information content (AvgIpc) is 3.03. The average molecular weight is 331 g/mol. The number of hydrogen-bond donors (Lipinski definition) is 0. The first-order valence-corrected chi connectivity index (χ1v) is 8.82. The van der Waals surface area contributed by atoms with Crippen molar-refractivity contribution in [3.05, 3.63) is 48.0 Å². The third-order valence-electron chi connectivity index (χ3n) is 5.22. The molecule has 4 heterocycles. The van der Waals surface area contributed by atoms with Crippen LogP contribution in [0.1, 0.15) is 5.56 Å². The van der Waals surface area contributed by atoms with Crippen LogP contribution in [0.2, 0.25) is 0 Å². The highest BCUT2D eigenvalue weighted by Crippen LogP contribution is 2.26. The van der Waals surface area contributed by atoms with Crippen molar-refractivity contribution in [2.45, 2.75) is 6.92 Å². The largest absolute Gasteiger partial charge is 0.354 e. The molecule has 126 valence electrons. The van der Waals surface area contributed by atoms with Gasteiger partial charge in [0.25, 0.3) is 0 Å². The molecule has 5 rings (SSSR count). The monoisotopic (exact) mass is 331 g/mol. The molecule has 25 heavy (non-hydrogen) atoms. The normalized spacial score (nSPS) is 16.3. The number of aryl methyl sites for hydroxylation is 1. The zero-order chi connectivity index (χ0) is 17.0. The second kappa shape index (κ2) is 5.43. The molecule has 1 aliphatic heterocycles. The summed E-state index contributed by atoms with van der Waals surface area (Å²) in [5.41, 5.74) is 5.31. The van der Waals surface area contributed by atoms with Gasteiger partial charge in [-0.05, 0) is 49.9 Å². The Balaban J connectivity index is 1.77. The van der Waals surface area contributed by atoms with Crippen LogP contribution in [0.5, 0.6) is 0 Å². The minimum absolute atomic E-state index is 0.991. The second-order valence-electron chi connectivity index (χ2n) is 6.96. The van der Waals surface area contributed by atoms with Gasteiger partial charge in [0.05, 0.1) is 11.0 Å². The highest BCUT2D eigenvalue weighted by atomic mass is 15.3. The Hall–Kier alpha value is -2.66. The molecule has 0 aliphatic carbocycles. The van der Waals surface area contributed by atoms with Gasteiger partial charge in [-0.2, -0.15) is 0 Å². The summed E-state index contributed by atoms with van der Waals surface area (Å²) in [5.74, 6) is 1.06. The van der Waals surface area contributed by atoms with Crippen LogP contribution in [-0.2, 0) is 0 Å². The van der Waals surface area contributed by atoms with Crippen molar-refractivity contribution < 1.29 is 0 Å². The Morgan fingerprint density at radius 1 is 0.880 bits per heavy atom. The number of nitrogens with zero attached hydrogens (tertiary/aromatic N) is 5. The van der Waals surface area contributed by atoms with E-state index in [4.69, 9.17) is 9.97 Å². The molecule has 1 saturated heterocycles. The third-order valence-corrected chi connectivity index (χ3v) is 5.22. The number of hydrogen-bond acceptors (Lipinski definition) is 4. The SMILES string of the molecule is Cc1cc2ccc(N3CCN(C)CC3)nc2n2c1nc1ccccc12. The molecule has 1 aliphatic rings. The molecule has 1 aromatic carbocycles. The fourth-order valence-corrected chi connectivity index (χ4v) is 3.76. The maximum absolute atomic E-state index is 5.05. The van der Waals surface area contributed by atoms with Crippen LogP contribution in [-0.4, -0.2) is 52.5 Å². The van der Waals surface area contributed by atoms with Gasteiger partial charge in [0, 0.05) is 31.6 Å². The summed E-state index contributed by atoms with van der Waals surface area (Å²) in [4.78, 5) is 14.6. The summed E-state index contributed by atoms with van der Waals surface area (Å²) in [6.45, 7) is 6.33. The lowest BCUT2D eigenvalue weighted by Crippen LogP contribution is -2.44. The number of likely N-dealkylation sites (N-methyl/N-ethyl adjacent to an activating group) is 1. The van der Waals surface area contributed by atoms with Crippen molar-refractivity contribution in [3.8, 4) is 0 Å². The molecule has 0 unspecified atom stereocenters. The minimum atomic E-state index is 0.991. The molecule has 0 atom stereocenters. The van der Waals surface area contributed by atoms with Crippen LogP contribution >= 0.6 is 0 Å². The van der Waals surface area contributed by atoms with Crippen LogP contribution in [0.25, 0.3) is 27.7 Å². The van der Waals surface area contributed by atoms with Gasteiger partial charge >= 0.3 is 0 Å². The number of para-hydroxylation sites is 2. The number of imidazole rings is 1. The third kappa shape index (κ3) is 2.27. The quantitative estimate of drug-likeness (QED) is 0.537. The van der Waals surface area contributed by atoms with Gasteiger partial charge in [0.15, 0.2) is 0 Å². The van der Waals surface area contributed by atoms with Crippen molar-refractivity contribution in [2.24, 2.45) is 0 Å². The molecule has 4 aromatic rings. The molecule has 5 nitrogen and oxygen atoms in total. The maximum Gasteiger partial charge on any atom is 0.148 e. The van der Waals surface area contributed by atoms with E-state index in [-0.39, 0.29) is 0 Å². The Labute approximate surface area is 146 Å². The van der Waals surface area contributed by atoms with Crippen molar-refractivity contribution >= 4 is 33.5 Å². The maximum atomic E-state index is 5.05. The van der Waals surface area contributed by atoms with E-state index in [9.17, 15) is 0 Å². The van der Waals surface area contributed by atoms with Crippen LogP contribution in [0.3, 0.4) is 0 Å². The van der Waals surface area contributed by atoms with E-state index in [1.54, 1.807) is 0 Å². The first-order chi connectivity index (χ1) is 12.2. The number of pyridine rings is 2. The number of rotatable bonds is 1. The van der Waals surface area contributed by atoms with Crippen LogP contribution in [0.15, 0.2) is 42.5 Å². The zero-order valence-electron chi connectivity index (χ0n) is 14.6. The first kappa shape index (κ1) is 14.7. The molecular weight excluding hydrogens is 310 g/mol. The molecule has 1 fully saturated rings. The summed E-state index contributed by atoms with van der Waals surface area (Å²) < 4.78 is 2.21. The molecular formula is C20H21N5. The molecule has 0 amide bonds. The highest BCUT2D eigenvalue weighted by Gasteiger charge is 2.17. The fraction of sp³-hybridized carbons (Fsp3) is 0.300. The smallest absolute Gasteiger partial charge is 0.148 e. The predicted molar refractivity (Wildman–Crippen MR) is 102 cm³/mol. The Morgan fingerprint density at radius 2 is 1.68 bits per heavy atom. The van der Waals surface area contributed by atoms with Crippen molar-refractivity contribution in [1.82, 2.24) is 19.3 Å². The van der Waals surface area contributed by atoms with Gasteiger partial charge < -0.3 is 9.80 Å². The molecule has 0 bridgehead atoms. The number of piperazine rings is 1. The first-order valence-electron chi connectivity index (χ1n) is 8.82. The van der Waals surface area contributed by atoms with E-state index >= 15 is 0 Å². The number of aromatic nitrogens is 3. The lowest BCUT2D eigenvalue weighted by atomic mass is 10.2. The van der Waals surface area contributed by atoms with E-state index in [1.165, 1.54) is 5.56 Å². The number of fused-ring (bicyclic) bond motifs is 5. The van der Waals surface area contributed by atoms with Crippen molar-refractivity contribution in [3.63, 3.8) is 0 Å². The zero-order valence-corrected chi connectivity index (χ0v) is 14.6.